The number of piperidine rings is 1. The molecule has 4 rings (SSSR count). The van der Waals surface area contributed by atoms with Crippen LogP contribution in [-0.4, -0.2) is 22.6 Å². The quantitative estimate of drug-likeness (QED) is 0.933. The van der Waals surface area contributed by atoms with Crippen LogP contribution < -0.4 is 5.32 Å². The fourth-order valence-corrected chi connectivity index (χ4v) is 3.55. The lowest BCUT2D eigenvalue weighted by Crippen LogP contribution is -2.28. The fourth-order valence-electron chi connectivity index (χ4n) is 3.55. The minimum atomic E-state index is -0.185. The Labute approximate surface area is 124 Å². The summed E-state index contributed by atoms with van der Waals surface area (Å²) < 4.78 is 16.3. The molecule has 1 aliphatic heterocycles. The van der Waals surface area contributed by atoms with E-state index >= 15 is 0 Å². The highest BCUT2D eigenvalue weighted by Crippen LogP contribution is 2.39. The first kappa shape index (κ1) is 13.3. The van der Waals surface area contributed by atoms with Crippen LogP contribution in [0.1, 0.15) is 44.0 Å². The molecule has 1 aliphatic carbocycles. The summed E-state index contributed by atoms with van der Waals surface area (Å²) in [6.45, 7) is 2.27. The van der Waals surface area contributed by atoms with E-state index in [0.29, 0.717) is 11.6 Å². The Hall–Kier alpha value is -1.42. The molecular weight excluding hydrogens is 265 g/mol. The third-order valence-electron chi connectivity index (χ3n) is 4.89. The monoisotopic (exact) mass is 287 g/mol. The van der Waals surface area contributed by atoms with Crippen molar-refractivity contribution in [2.75, 3.05) is 13.1 Å². The van der Waals surface area contributed by atoms with Crippen molar-refractivity contribution in [2.45, 2.75) is 44.6 Å². The van der Waals surface area contributed by atoms with E-state index in [9.17, 15) is 4.39 Å². The van der Waals surface area contributed by atoms with Gasteiger partial charge in [0.25, 0.3) is 0 Å². The van der Waals surface area contributed by atoms with Crippen molar-refractivity contribution in [3.05, 3.63) is 29.8 Å². The number of nitrogens with one attached hydrogen (secondary N) is 1. The van der Waals surface area contributed by atoms with Crippen LogP contribution in [0.2, 0.25) is 0 Å². The predicted molar refractivity (Wildman–Crippen MR) is 81.9 cm³/mol. The summed E-state index contributed by atoms with van der Waals surface area (Å²) in [5.41, 5.74) is 1.54. The molecule has 0 amide bonds. The molecule has 1 N–H and O–H groups in total. The zero-order valence-electron chi connectivity index (χ0n) is 12.3. The number of imidazole rings is 1. The number of para-hydroxylation sites is 1. The molecule has 1 saturated carbocycles. The third kappa shape index (κ3) is 2.57. The summed E-state index contributed by atoms with van der Waals surface area (Å²) in [5, 5.41) is 3.41. The molecule has 2 heterocycles. The normalized spacial score (nSPS) is 20.2. The Kier molecular flexibility index (Phi) is 3.42. The minimum Gasteiger partial charge on any atom is -0.325 e. The van der Waals surface area contributed by atoms with Crippen LogP contribution in [0, 0.1) is 11.7 Å². The van der Waals surface area contributed by atoms with Crippen LogP contribution in [-0.2, 0) is 6.42 Å². The second-order valence-corrected chi connectivity index (χ2v) is 6.47. The number of aryl methyl sites for hydroxylation is 1. The van der Waals surface area contributed by atoms with Gasteiger partial charge >= 0.3 is 0 Å². The highest BCUT2D eigenvalue weighted by Gasteiger charge is 2.29. The molecule has 0 unspecified atom stereocenters. The van der Waals surface area contributed by atoms with Crippen molar-refractivity contribution >= 4 is 11.0 Å². The van der Waals surface area contributed by atoms with Crippen LogP contribution in [0.3, 0.4) is 0 Å². The van der Waals surface area contributed by atoms with Gasteiger partial charge in [-0.2, -0.15) is 0 Å². The second kappa shape index (κ2) is 5.41. The van der Waals surface area contributed by atoms with E-state index in [4.69, 9.17) is 0 Å². The molecule has 21 heavy (non-hydrogen) atoms. The summed E-state index contributed by atoms with van der Waals surface area (Å²) in [6.07, 6.45) is 7.11. The molecule has 0 spiro atoms. The largest absolute Gasteiger partial charge is 0.325 e. The van der Waals surface area contributed by atoms with E-state index in [0.717, 1.165) is 36.8 Å². The third-order valence-corrected chi connectivity index (χ3v) is 4.89. The Bertz CT molecular complexity index is 639. The smallest absolute Gasteiger partial charge is 0.151 e. The van der Waals surface area contributed by atoms with Crippen LogP contribution in [0.15, 0.2) is 18.2 Å². The van der Waals surface area contributed by atoms with Gasteiger partial charge in [-0.15, -0.1) is 0 Å². The Morgan fingerprint density at radius 1 is 1.19 bits per heavy atom. The summed E-state index contributed by atoms with van der Waals surface area (Å²) in [7, 11) is 0. The Morgan fingerprint density at radius 3 is 2.76 bits per heavy atom. The summed E-state index contributed by atoms with van der Waals surface area (Å²) in [6, 6.07) is 5.88. The molecule has 2 fully saturated rings. The van der Waals surface area contributed by atoms with Crippen molar-refractivity contribution in [1.82, 2.24) is 14.9 Å². The molecule has 112 valence electrons. The van der Waals surface area contributed by atoms with Gasteiger partial charge in [0.2, 0.25) is 0 Å². The van der Waals surface area contributed by atoms with Gasteiger partial charge in [-0.05, 0) is 63.2 Å². The van der Waals surface area contributed by atoms with E-state index in [1.165, 1.54) is 38.2 Å². The highest BCUT2D eigenvalue weighted by atomic mass is 19.1. The maximum atomic E-state index is 14.0. The first-order valence-corrected chi connectivity index (χ1v) is 8.19. The van der Waals surface area contributed by atoms with Gasteiger partial charge in [0.05, 0.1) is 5.52 Å². The maximum Gasteiger partial charge on any atom is 0.151 e. The molecule has 0 radical (unpaired) electrons. The topological polar surface area (TPSA) is 29.9 Å². The van der Waals surface area contributed by atoms with Gasteiger partial charge in [-0.1, -0.05) is 6.07 Å². The van der Waals surface area contributed by atoms with Gasteiger partial charge in [-0.25, -0.2) is 9.37 Å². The van der Waals surface area contributed by atoms with Crippen LogP contribution >= 0.6 is 0 Å². The Balaban J connectivity index is 1.61. The van der Waals surface area contributed by atoms with Crippen molar-refractivity contribution in [3.8, 4) is 0 Å². The number of aromatic nitrogens is 2. The zero-order valence-corrected chi connectivity index (χ0v) is 12.3. The molecule has 0 bridgehead atoms. The molecule has 1 saturated heterocycles. The van der Waals surface area contributed by atoms with Gasteiger partial charge in [0, 0.05) is 12.5 Å². The molecule has 1 aromatic carbocycles. The lowest BCUT2D eigenvalue weighted by molar-refractivity contribution is 0.351. The van der Waals surface area contributed by atoms with Crippen LogP contribution in [0.5, 0.6) is 0 Å². The summed E-state index contributed by atoms with van der Waals surface area (Å²) in [4.78, 5) is 4.63. The molecule has 2 aliphatic rings. The highest BCUT2D eigenvalue weighted by molar-refractivity contribution is 5.77. The number of hydrogen-bond acceptors (Lipinski definition) is 2. The van der Waals surface area contributed by atoms with E-state index in [1.54, 1.807) is 6.07 Å². The van der Waals surface area contributed by atoms with Gasteiger partial charge in [0.1, 0.15) is 11.3 Å². The molecule has 1 aromatic heterocycles. The molecule has 4 heteroatoms. The lowest BCUT2D eigenvalue weighted by Gasteiger charge is -2.22. The van der Waals surface area contributed by atoms with Crippen molar-refractivity contribution in [3.63, 3.8) is 0 Å². The first-order valence-electron chi connectivity index (χ1n) is 8.19. The number of rotatable bonds is 4. The maximum absolute atomic E-state index is 14.0. The first-order chi connectivity index (χ1) is 10.3. The molecular formula is C17H22FN3. The van der Waals surface area contributed by atoms with Crippen molar-refractivity contribution < 1.29 is 4.39 Å². The summed E-state index contributed by atoms with van der Waals surface area (Å²) >= 11 is 0. The Morgan fingerprint density at radius 2 is 2.00 bits per heavy atom. The minimum absolute atomic E-state index is 0.185. The average Bonchev–Trinajstić information content (AvgIpc) is 3.27. The van der Waals surface area contributed by atoms with E-state index in [1.807, 2.05) is 6.07 Å². The van der Waals surface area contributed by atoms with Gasteiger partial charge in [-0.3, -0.25) is 0 Å². The molecule has 0 atom stereocenters. The number of hydrogen-bond donors (Lipinski definition) is 1. The van der Waals surface area contributed by atoms with Gasteiger partial charge in [0.15, 0.2) is 5.82 Å². The average molecular weight is 287 g/mol. The standard InChI is InChI=1S/C17H22FN3/c18-14-2-1-3-15-17(14)20-16(21(15)13-5-6-13)7-4-12-8-10-19-11-9-12/h1-3,12-13,19H,4-11H2. The summed E-state index contributed by atoms with van der Waals surface area (Å²) in [5.74, 6) is 1.70. The molecule has 3 nitrogen and oxygen atoms in total. The van der Waals surface area contributed by atoms with E-state index in [-0.39, 0.29) is 5.82 Å². The van der Waals surface area contributed by atoms with Crippen molar-refractivity contribution in [1.29, 1.82) is 0 Å². The predicted octanol–water partition coefficient (Wildman–Crippen LogP) is 3.44. The number of fused-ring (bicyclic) bond motifs is 1. The second-order valence-electron chi connectivity index (χ2n) is 6.47. The number of nitrogens with zero attached hydrogens (tertiary/aromatic N) is 2. The van der Waals surface area contributed by atoms with Crippen LogP contribution in [0.4, 0.5) is 4.39 Å². The van der Waals surface area contributed by atoms with E-state index in [2.05, 4.69) is 14.9 Å². The zero-order chi connectivity index (χ0) is 14.2. The van der Waals surface area contributed by atoms with Crippen LogP contribution in [0.25, 0.3) is 11.0 Å². The SMILES string of the molecule is Fc1cccc2c1nc(CCC1CCNCC1)n2C1CC1. The van der Waals surface area contributed by atoms with Gasteiger partial charge < -0.3 is 9.88 Å². The van der Waals surface area contributed by atoms with E-state index < -0.39 is 0 Å². The molecule has 2 aromatic rings. The van der Waals surface area contributed by atoms with Crippen molar-refractivity contribution in [2.24, 2.45) is 5.92 Å². The fraction of sp³-hybridized carbons (Fsp3) is 0.588. The number of benzene rings is 1. The number of halogens is 1. The lowest BCUT2D eigenvalue weighted by atomic mass is 9.93.